The Morgan fingerprint density at radius 1 is 1.15 bits per heavy atom. The smallest absolute Gasteiger partial charge is 0.259 e. The van der Waals surface area contributed by atoms with Crippen LogP contribution < -0.4 is 10.6 Å². The fourth-order valence-electron chi connectivity index (χ4n) is 3.60. The van der Waals surface area contributed by atoms with Crippen LogP contribution in [0.15, 0.2) is 12.1 Å². The summed E-state index contributed by atoms with van der Waals surface area (Å²) in [6.07, 6.45) is 3.28. The van der Waals surface area contributed by atoms with Crippen LogP contribution in [0, 0.1) is 23.4 Å². The van der Waals surface area contributed by atoms with E-state index in [-0.39, 0.29) is 30.3 Å². The topological polar surface area (TPSA) is 61.4 Å². The van der Waals surface area contributed by atoms with E-state index in [9.17, 15) is 22.8 Å². The Hall–Kier alpha value is -1.80. The minimum Gasteiger partial charge on any atom is -0.354 e. The zero-order valence-electron chi connectivity index (χ0n) is 14.8. The predicted molar refractivity (Wildman–Crippen MR) is 96.2 cm³/mol. The number of nitrogens with zero attached hydrogens (tertiary/aromatic N) is 1. The van der Waals surface area contributed by atoms with Crippen molar-refractivity contribution in [3.05, 3.63) is 35.1 Å². The molecular formula is C18H23ClF3N3O2. The molecule has 0 spiro atoms. The van der Waals surface area contributed by atoms with Gasteiger partial charge in [0.15, 0.2) is 0 Å². The van der Waals surface area contributed by atoms with Crippen LogP contribution in [0.2, 0.25) is 0 Å². The third kappa shape index (κ3) is 5.13. The monoisotopic (exact) mass is 405 g/mol. The van der Waals surface area contributed by atoms with E-state index in [0.29, 0.717) is 38.2 Å². The molecule has 27 heavy (non-hydrogen) atoms. The van der Waals surface area contributed by atoms with E-state index in [0.717, 1.165) is 25.8 Å². The van der Waals surface area contributed by atoms with E-state index in [2.05, 4.69) is 10.6 Å². The van der Waals surface area contributed by atoms with E-state index in [1.54, 1.807) is 0 Å². The second kappa shape index (κ2) is 9.41. The van der Waals surface area contributed by atoms with E-state index >= 15 is 0 Å². The molecule has 2 saturated heterocycles. The molecule has 150 valence electrons. The molecule has 0 saturated carbocycles. The van der Waals surface area contributed by atoms with Gasteiger partial charge < -0.3 is 15.5 Å². The number of carbonyl (C=O) groups is 2. The summed E-state index contributed by atoms with van der Waals surface area (Å²) >= 11 is 0. The van der Waals surface area contributed by atoms with Gasteiger partial charge in [0.05, 0.1) is 6.04 Å². The summed E-state index contributed by atoms with van der Waals surface area (Å²) in [6, 6.07) is 0.845. The number of halogens is 4. The first kappa shape index (κ1) is 21.5. The Kier molecular flexibility index (Phi) is 7.49. The number of hydrogen-bond donors (Lipinski definition) is 2. The van der Waals surface area contributed by atoms with Gasteiger partial charge in [-0.15, -0.1) is 12.4 Å². The lowest BCUT2D eigenvalue weighted by Gasteiger charge is -2.33. The van der Waals surface area contributed by atoms with Crippen molar-refractivity contribution < 1.29 is 22.8 Å². The molecule has 9 heteroatoms. The molecule has 5 nitrogen and oxygen atoms in total. The molecule has 2 aliphatic rings. The summed E-state index contributed by atoms with van der Waals surface area (Å²) < 4.78 is 40.7. The Labute approximate surface area is 162 Å². The van der Waals surface area contributed by atoms with Crippen LogP contribution in [0.1, 0.15) is 36.0 Å². The first-order valence-corrected chi connectivity index (χ1v) is 8.90. The molecule has 0 bridgehead atoms. The lowest BCUT2D eigenvalue weighted by atomic mass is 9.97. The molecule has 2 atom stereocenters. The van der Waals surface area contributed by atoms with Crippen molar-refractivity contribution in [1.29, 1.82) is 0 Å². The number of carbonyl (C=O) groups excluding carboxylic acids is 2. The standard InChI is InChI=1S/C18H22F3N3O2.ClH/c19-12-7-13(20)16(14(21)8-12)18(26)24-6-2-3-11(10-24)9-23-17(25)15-4-1-5-22-15;/h7-8,11,15,22H,1-6,9-10H2,(H,23,25);1H. The normalized spacial score (nSPS) is 22.3. The number of likely N-dealkylation sites (tertiary alicyclic amines) is 1. The molecule has 2 heterocycles. The summed E-state index contributed by atoms with van der Waals surface area (Å²) in [5.74, 6) is -4.28. The molecule has 2 amide bonds. The largest absolute Gasteiger partial charge is 0.354 e. The molecule has 0 radical (unpaired) electrons. The van der Waals surface area contributed by atoms with Gasteiger partial charge in [-0.1, -0.05) is 0 Å². The van der Waals surface area contributed by atoms with Crippen LogP contribution in [0.3, 0.4) is 0 Å². The van der Waals surface area contributed by atoms with Crippen molar-refractivity contribution in [3.8, 4) is 0 Å². The Morgan fingerprint density at radius 3 is 2.48 bits per heavy atom. The number of piperidine rings is 1. The number of rotatable bonds is 4. The van der Waals surface area contributed by atoms with Gasteiger partial charge in [0.25, 0.3) is 5.91 Å². The average molecular weight is 406 g/mol. The van der Waals surface area contributed by atoms with Gasteiger partial charge in [-0.2, -0.15) is 0 Å². The maximum atomic E-state index is 13.8. The summed E-state index contributed by atoms with van der Waals surface area (Å²) in [5, 5.41) is 6.01. The van der Waals surface area contributed by atoms with Crippen molar-refractivity contribution >= 4 is 24.2 Å². The van der Waals surface area contributed by atoms with Crippen LogP contribution in [-0.4, -0.2) is 48.9 Å². The van der Waals surface area contributed by atoms with Gasteiger partial charge in [0, 0.05) is 31.8 Å². The maximum Gasteiger partial charge on any atom is 0.259 e. The lowest BCUT2D eigenvalue weighted by molar-refractivity contribution is -0.123. The number of amides is 2. The minimum absolute atomic E-state index is 0. The quantitative estimate of drug-likeness (QED) is 0.807. The zero-order valence-corrected chi connectivity index (χ0v) is 15.6. The predicted octanol–water partition coefficient (Wildman–Crippen LogP) is 2.25. The van der Waals surface area contributed by atoms with Crippen molar-refractivity contribution in [1.82, 2.24) is 15.5 Å². The second-order valence-electron chi connectivity index (χ2n) is 6.90. The molecule has 1 aromatic carbocycles. The van der Waals surface area contributed by atoms with E-state index in [4.69, 9.17) is 0 Å². The van der Waals surface area contributed by atoms with Gasteiger partial charge >= 0.3 is 0 Å². The van der Waals surface area contributed by atoms with E-state index < -0.39 is 28.9 Å². The third-order valence-electron chi connectivity index (χ3n) is 4.97. The van der Waals surface area contributed by atoms with Crippen LogP contribution in [0.25, 0.3) is 0 Å². The van der Waals surface area contributed by atoms with E-state index in [1.807, 2.05) is 0 Å². The average Bonchev–Trinajstić information content (AvgIpc) is 3.13. The highest BCUT2D eigenvalue weighted by Crippen LogP contribution is 2.22. The number of hydrogen-bond acceptors (Lipinski definition) is 3. The molecule has 0 aliphatic carbocycles. The fraction of sp³-hybridized carbons (Fsp3) is 0.556. The van der Waals surface area contributed by atoms with Gasteiger partial charge in [-0.3, -0.25) is 9.59 Å². The van der Waals surface area contributed by atoms with Crippen LogP contribution in [0.4, 0.5) is 13.2 Å². The molecule has 0 aromatic heterocycles. The van der Waals surface area contributed by atoms with Gasteiger partial charge in [0.2, 0.25) is 5.91 Å². The minimum atomic E-state index is -1.20. The highest BCUT2D eigenvalue weighted by Gasteiger charge is 2.29. The zero-order chi connectivity index (χ0) is 18.7. The van der Waals surface area contributed by atoms with Gasteiger partial charge in [-0.05, 0) is 38.1 Å². The van der Waals surface area contributed by atoms with Crippen molar-refractivity contribution in [2.24, 2.45) is 5.92 Å². The molecule has 2 aliphatic heterocycles. The number of nitrogens with one attached hydrogen (secondary N) is 2. The summed E-state index contributed by atoms with van der Waals surface area (Å²) in [6.45, 7) is 1.92. The molecule has 1 aromatic rings. The molecular weight excluding hydrogens is 383 g/mol. The second-order valence-corrected chi connectivity index (χ2v) is 6.90. The third-order valence-corrected chi connectivity index (χ3v) is 4.97. The first-order chi connectivity index (χ1) is 12.5. The SMILES string of the molecule is Cl.O=C(NCC1CCCN(C(=O)c2c(F)cc(F)cc2F)C1)C1CCCN1. The summed E-state index contributed by atoms with van der Waals surface area (Å²) in [4.78, 5) is 25.9. The van der Waals surface area contributed by atoms with Gasteiger partial charge in [0.1, 0.15) is 23.0 Å². The van der Waals surface area contributed by atoms with Crippen molar-refractivity contribution in [2.45, 2.75) is 31.7 Å². The Bertz CT molecular complexity index is 675. The maximum absolute atomic E-state index is 13.8. The molecule has 3 rings (SSSR count). The Balaban J connectivity index is 0.00000261. The lowest BCUT2D eigenvalue weighted by Crippen LogP contribution is -2.47. The number of benzene rings is 1. The first-order valence-electron chi connectivity index (χ1n) is 8.90. The highest BCUT2D eigenvalue weighted by atomic mass is 35.5. The Morgan fingerprint density at radius 2 is 1.85 bits per heavy atom. The van der Waals surface area contributed by atoms with Crippen LogP contribution in [0.5, 0.6) is 0 Å². The van der Waals surface area contributed by atoms with Crippen molar-refractivity contribution in [3.63, 3.8) is 0 Å². The summed E-state index contributed by atoms with van der Waals surface area (Å²) in [5.41, 5.74) is -0.730. The molecule has 2 unspecified atom stereocenters. The van der Waals surface area contributed by atoms with Crippen LogP contribution in [-0.2, 0) is 4.79 Å². The van der Waals surface area contributed by atoms with Gasteiger partial charge in [-0.25, -0.2) is 13.2 Å². The summed E-state index contributed by atoms with van der Waals surface area (Å²) in [7, 11) is 0. The molecule has 2 fully saturated rings. The molecule has 2 N–H and O–H groups in total. The fourth-order valence-corrected chi connectivity index (χ4v) is 3.60. The highest BCUT2D eigenvalue weighted by molar-refractivity contribution is 5.94. The van der Waals surface area contributed by atoms with Crippen molar-refractivity contribution in [2.75, 3.05) is 26.2 Å². The van der Waals surface area contributed by atoms with E-state index in [1.165, 1.54) is 4.90 Å². The van der Waals surface area contributed by atoms with Crippen LogP contribution >= 0.6 is 12.4 Å².